The number of hydrogen-bond acceptors (Lipinski definition) is 3. The summed E-state index contributed by atoms with van der Waals surface area (Å²) < 4.78 is 18.5. The summed E-state index contributed by atoms with van der Waals surface area (Å²) in [6.07, 6.45) is 0.965. The minimum absolute atomic E-state index is 0.00615. The summed E-state index contributed by atoms with van der Waals surface area (Å²) in [5, 5.41) is 6.43. The first-order valence-corrected chi connectivity index (χ1v) is 9.01. The number of para-hydroxylation sites is 1. The summed E-state index contributed by atoms with van der Waals surface area (Å²) >= 11 is 0. The first kappa shape index (κ1) is 19.8. The van der Waals surface area contributed by atoms with Gasteiger partial charge in [0.15, 0.2) is 0 Å². The third-order valence-corrected chi connectivity index (χ3v) is 4.06. The number of anilines is 1. The van der Waals surface area contributed by atoms with Crippen LogP contribution < -0.4 is 15.4 Å². The van der Waals surface area contributed by atoms with Crippen LogP contribution in [-0.4, -0.2) is 25.1 Å². The molecule has 1 amide bonds. The van der Waals surface area contributed by atoms with E-state index < -0.39 is 0 Å². The Morgan fingerprint density at radius 1 is 1.12 bits per heavy atom. The predicted molar refractivity (Wildman–Crippen MR) is 103 cm³/mol. The van der Waals surface area contributed by atoms with Crippen molar-refractivity contribution in [1.82, 2.24) is 5.32 Å². The van der Waals surface area contributed by atoms with Crippen LogP contribution in [0.2, 0.25) is 0 Å². The number of benzene rings is 2. The van der Waals surface area contributed by atoms with E-state index in [1.165, 1.54) is 12.1 Å². The van der Waals surface area contributed by atoms with Crippen molar-refractivity contribution in [2.45, 2.75) is 32.7 Å². The Hall–Kier alpha value is -2.56. The molecule has 0 aliphatic rings. The maximum atomic E-state index is 13.1. The molecular formula is C21H27FN2O2. The van der Waals surface area contributed by atoms with Gasteiger partial charge < -0.3 is 15.4 Å². The minimum atomic E-state index is -0.328. The quantitative estimate of drug-likeness (QED) is 0.625. The maximum absolute atomic E-state index is 13.1. The highest BCUT2D eigenvalue weighted by Crippen LogP contribution is 2.13. The van der Waals surface area contributed by atoms with Crippen LogP contribution in [0.3, 0.4) is 0 Å². The Labute approximate surface area is 154 Å². The Morgan fingerprint density at radius 2 is 1.88 bits per heavy atom. The van der Waals surface area contributed by atoms with Crippen LogP contribution >= 0.6 is 0 Å². The Balaban J connectivity index is 1.67. The topological polar surface area (TPSA) is 50.4 Å². The molecule has 140 valence electrons. The molecule has 4 nitrogen and oxygen atoms in total. The predicted octanol–water partition coefficient (Wildman–Crippen LogP) is 4.24. The van der Waals surface area contributed by atoms with Gasteiger partial charge in [-0.15, -0.1) is 0 Å². The molecule has 1 unspecified atom stereocenters. The molecule has 0 aliphatic heterocycles. The lowest BCUT2D eigenvalue weighted by atomic mass is 10.0. The van der Waals surface area contributed by atoms with Gasteiger partial charge in [-0.3, -0.25) is 4.79 Å². The molecule has 0 fully saturated rings. The standard InChI is InChI=1S/C21H27FN2O2/c1-16(2)20(24-18-9-4-3-5-10-18)15-23-21(25)12-7-13-26-19-11-6-8-17(22)14-19/h3-6,8-11,14,16,20,24H,7,12-13,15H2,1-2H3,(H,23,25). The van der Waals surface area contributed by atoms with E-state index in [1.54, 1.807) is 12.1 Å². The average molecular weight is 358 g/mol. The van der Waals surface area contributed by atoms with Crippen LogP contribution in [-0.2, 0) is 4.79 Å². The highest BCUT2D eigenvalue weighted by molar-refractivity contribution is 5.75. The number of carbonyl (C=O) groups is 1. The highest BCUT2D eigenvalue weighted by Gasteiger charge is 2.14. The van der Waals surface area contributed by atoms with Crippen LogP contribution in [0.25, 0.3) is 0 Å². The lowest BCUT2D eigenvalue weighted by Gasteiger charge is -2.24. The molecule has 0 saturated carbocycles. The van der Waals surface area contributed by atoms with E-state index in [2.05, 4.69) is 24.5 Å². The molecule has 26 heavy (non-hydrogen) atoms. The third-order valence-electron chi connectivity index (χ3n) is 4.06. The molecule has 0 aliphatic carbocycles. The second-order valence-electron chi connectivity index (χ2n) is 6.57. The second-order valence-corrected chi connectivity index (χ2v) is 6.57. The van der Waals surface area contributed by atoms with Crippen molar-refractivity contribution in [3.05, 3.63) is 60.4 Å². The second kappa shape index (κ2) is 10.4. The Kier molecular flexibility index (Phi) is 7.93. The first-order chi connectivity index (χ1) is 12.5. The summed E-state index contributed by atoms with van der Waals surface area (Å²) in [4.78, 5) is 12.0. The van der Waals surface area contributed by atoms with Gasteiger partial charge in [0, 0.05) is 30.8 Å². The van der Waals surface area contributed by atoms with Gasteiger partial charge in [-0.25, -0.2) is 4.39 Å². The fraction of sp³-hybridized carbons (Fsp3) is 0.381. The van der Waals surface area contributed by atoms with Crippen LogP contribution in [0.1, 0.15) is 26.7 Å². The van der Waals surface area contributed by atoms with Crippen molar-refractivity contribution in [3.63, 3.8) is 0 Å². The van der Waals surface area contributed by atoms with E-state index in [1.807, 2.05) is 30.3 Å². The summed E-state index contributed by atoms with van der Waals surface area (Å²) in [5.41, 5.74) is 1.05. The molecule has 5 heteroatoms. The Morgan fingerprint density at radius 3 is 2.58 bits per heavy atom. The number of hydrogen-bond donors (Lipinski definition) is 2. The molecule has 0 aromatic heterocycles. The van der Waals surface area contributed by atoms with E-state index in [0.29, 0.717) is 37.7 Å². The van der Waals surface area contributed by atoms with Crippen molar-refractivity contribution >= 4 is 11.6 Å². The van der Waals surface area contributed by atoms with Gasteiger partial charge in [0.2, 0.25) is 5.91 Å². The molecule has 2 rings (SSSR count). The molecule has 0 saturated heterocycles. The molecule has 0 bridgehead atoms. The molecule has 0 radical (unpaired) electrons. The molecule has 1 atom stereocenters. The molecule has 2 aromatic rings. The van der Waals surface area contributed by atoms with Crippen LogP contribution in [0.5, 0.6) is 5.75 Å². The number of amides is 1. The summed E-state index contributed by atoms with van der Waals surface area (Å²) in [6, 6.07) is 16.1. The zero-order valence-electron chi connectivity index (χ0n) is 15.4. The van der Waals surface area contributed by atoms with Crippen molar-refractivity contribution in [2.75, 3.05) is 18.5 Å². The zero-order valence-corrected chi connectivity index (χ0v) is 15.4. The van der Waals surface area contributed by atoms with Gasteiger partial charge in [0.25, 0.3) is 0 Å². The monoisotopic (exact) mass is 358 g/mol. The normalized spacial score (nSPS) is 11.8. The number of halogens is 1. The minimum Gasteiger partial charge on any atom is -0.493 e. The summed E-state index contributed by atoms with van der Waals surface area (Å²) in [5.74, 6) is 0.531. The smallest absolute Gasteiger partial charge is 0.220 e. The van der Waals surface area contributed by atoms with Gasteiger partial charge in [0.1, 0.15) is 11.6 Å². The lowest BCUT2D eigenvalue weighted by Crippen LogP contribution is -2.39. The molecule has 0 spiro atoms. The summed E-state index contributed by atoms with van der Waals surface area (Å²) in [6.45, 7) is 5.20. The molecule has 2 N–H and O–H groups in total. The molecular weight excluding hydrogens is 331 g/mol. The number of rotatable bonds is 10. The Bertz CT molecular complexity index is 677. The van der Waals surface area contributed by atoms with E-state index in [4.69, 9.17) is 4.74 Å². The van der Waals surface area contributed by atoms with Crippen molar-refractivity contribution in [3.8, 4) is 5.75 Å². The average Bonchev–Trinajstić information content (AvgIpc) is 2.63. The van der Waals surface area contributed by atoms with Gasteiger partial charge >= 0.3 is 0 Å². The van der Waals surface area contributed by atoms with Crippen molar-refractivity contribution in [1.29, 1.82) is 0 Å². The first-order valence-electron chi connectivity index (χ1n) is 9.01. The molecule has 2 aromatic carbocycles. The SMILES string of the molecule is CC(C)C(CNC(=O)CCCOc1cccc(F)c1)Nc1ccccc1. The van der Waals surface area contributed by atoms with Crippen LogP contribution in [0.15, 0.2) is 54.6 Å². The number of nitrogens with one attached hydrogen (secondary N) is 2. The van der Waals surface area contributed by atoms with E-state index >= 15 is 0 Å². The summed E-state index contributed by atoms with van der Waals surface area (Å²) in [7, 11) is 0. The van der Waals surface area contributed by atoms with E-state index in [9.17, 15) is 9.18 Å². The van der Waals surface area contributed by atoms with Crippen LogP contribution in [0.4, 0.5) is 10.1 Å². The number of carbonyl (C=O) groups excluding carboxylic acids is 1. The maximum Gasteiger partial charge on any atom is 0.220 e. The van der Waals surface area contributed by atoms with E-state index in [0.717, 1.165) is 5.69 Å². The fourth-order valence-electron chi connectivity index (χ4n) is 2.49. The van der Waals surface area contributed by atoms with Crippen molar-refractivity contribution in [2.24, 2.45) is 5.92 Å². The molecule has 0 heterocycles. The number of ether oxygens (including phenoxy) is 1. The van der Waals surface area contributed by atoms with E-state index in [-0.39, 0.29) is 17.8 Å². The van der Waals surface area contributed by atoms with Gasteiger partial charge in [-0.2, -0.15) is 0 Å². The zero-order chi connectivity index (χ0) is 18.8. The van der Waals surface area contributed by atoms with Gasteiger partial charge in [0.05, 0.1) is 6.61 Å². The van der Waals surface area contributed by atoms with Crippen molar-refractivity contribution < 1.29 is 13.9 Å². The van der Waals surface area contributed by atoms with Crippen LogP contribution in [0, 0.1) is 11.7 Å². The van der Waals surface area contributed by atoms with Gasteiger partial charge in [-0.05, 0) is 36.6 Å². The van der Waals surface area contributed by atoms with Gasteiger partial charge in [-0.1, -0.05) is 38.1 Å². The largest absolute Gasteiger partial charge is 0.493 e. The lowest BCUT2D eigenvalue weighted by molar-refractivity contribution is -0.121. The fourth-order valence-corrected chi connectivity index (χ4v) is 2.49. The third kappa shape index (κ3) is 7.13. The highest BCUT2D eigenvalue weighted by atomic mass is 19.1.